The summed E-state index contributed by atoms with van der Waals surface area (Å²) in [6.45, 7) is 6.79. The lowest BCUT2D eigenvalue weighted by Crippen LogP contribution is -2.56. The summed E-state index contributed by atoms with van der Waals surface area (Å²) in [5.41, 5.74) is 5.21. The van der Waals surface area contributed by atoms with Gasteiger partial charge in [-0.3, -0.25) is 4.79 Å². The van der Waals surface area contributed by atoms with E-state index in [2.05, 4.69) is 10.1 Å². The lowest BCUT2D eigenvalue weighted by molar-refractivity contribution is -0.134. The normalized spacial score (nSPS) is 16.6. The SMILES string of the molecule is COC(=O)N1CCN(C(=O)C(N)CNC(=O)OC(C)(C)C)CC1. The molecule has 1 saturated heterocycles. The minimum absolute atomic E-state index is 0.00897. The van der Waals surface area contributed by atoms with Crippen LogP contribution in [0.5, 0.6) is 0 Å². The molecule has 1 atom stereocenters. The molecule has 132 valence electrons. The van der Waals surface area contributed by atoms with Gasteiger partial charge in [-0.25, -0.2) is 9.59 Å². The number of hydrogen-bond donors (Lipinski definition) is 2. The number of rotatable bonds is 3. The average Bonchev–Trinajstić information content (AvgIpc) is 2.49. The third-order valence-electron chi connectivity index (χ3n) is 3.21. The molecular weight excluding hydrogens is 304 g/mol. The van der Waals surface area contributed by atoms with Crippen molar-refractivity contribution >= 4 is 18.1 Å². The van der Waals surface area contributed by atoms with E-state index in [1.165, 1.54) is 12.0 Å². The minimum atomic E-state index is -0.854. The maximum atomic E-state index is 12.2. The van der Waals surface area contributed by atoms with Crippen molar-refractivity contribution in [1.29, 1.82) is 0 Å². The summed E-state index contributed by atoms with van der Waals surface area (Å²) in [5.74, 6) is -0.273. The fourth-order valence-electron chi connectivity index (χ4n) is 2.07. The zero-order chi connectivity index (χ0) is 17.6. The molecule has 1 heterocycles. The van der Waals surface area contributed by atoms with Gasteiger partial charge in [0.25, 0.3) is 0 Å². The Labute approximate surface area is 136 Å². The fraction of sp³-hybridized carbons (Fsp3) is 0.786. The second-order valence-electron chi connectivity index (χ2n) is 6.27. The first-order chi connectivity index (χ1) is 10.6. The Hall–Kier alpha value is -2.03. The fourth-order valence-corrected chi connectivity index (χ4v) is 2.07. The van der Waals surface area contributed by atoms with E-state index < -0.39 is 23.8 Å². The van der Waals surface area contributed by atoms with Gasteiger partial charge in [0.15, 0.2) is 0 Å². The summed E-state index contributed by atoms with van der Waals surface area (Å²) in [6, 6.07) is -0.854. The van der Waals surface area contributed by atoms with Crippen molar-refractivity contribution in [3.63, 3.8) is 0 Å². The molecule has 1 aliphatic heterocycles. The van der Waals surface area contributed by atoms with E-state index in [1.54, 1.807) is 25.7 Å². The van der Waals surface area contributed by atoms with Gasteiger partial charge in [-0.05, 0) is 20.8 Å². The van der Waals surface area contributed by atoms with Gasteiger partial charge < -0.3 is 30.3 Å². The first kappa shape index (κ1) is 19.0. The Morgan fingerprint density at radius 3 is 2.13 bits per heavy atom. The number of nitrogens with zero attached hydrogens (tertiary/aromatic N) is 2. The second-order valence-corrected chi connectivity index (χ2v) is 6.27. The van der Waals surface area contributed by atoms with Crippen LogP contribution in [-0.2, 0) is 14.3 Å². The molecule has 0 spiro atoms. The van der Waals surface area contributed by atoms with Crippen molar-refractivity contribution in [3.8, 4) is 0 Å². The minimum Gasteiger partial charge on any atom is -0.453 e. The molecule has 23 heavy (non-hydrogen) atoms. The lowest BCUT2D eigenvalue weighted by atomic mass is 10.2. The van der Waals surface area contributed by atoms with Crippen LogP contribution >= 0.6 is 0 Å². The zero-order valence-corrected chi connectivity index (χ0v) is 14.1. The van der Waals surface area contributed by atoms with Gasteiger partial charge in [0, 0.05) is 32.7 Å². The van der Waals surface area contributed by atoms with Crippen LogP contribution in [0.1, 0.15) is 20.8 Å². The van der Waals surface area contributed by atoms with Gasteiger partial charge in [-0.2, -0.15) is 0 Å². The predicted octanol–water partition coefficient (Wildman–Crippen LogP) is -0.251. The molecule has 3 amide bonds. The van der Waals surface area contributed by atoms with Crippen molar-refractivity contribution in [2.75, 3.05) is 39.8 Å². The summed E-state index contributed by atoms with van der Waals surface area (Å²) in [7, 11) is 1.32. The van der Waals surface area contributed by atoms with Crippen LogP contribution in [0.4, 0.5) is 9.59 Å². The van der Waals surface area contributed by atoms with Crippen LogP contribution in [0.3, 0.4) is 0 Å². The highest BCUT2D eigenvalue weighted by Crippen LogP contribution is 2.07. The molecule has 1 unspecified atom stereocenters. The molecule has 3 N–H and O–H groups in total. The average molecular weight is 330 g/mol. The molecule has 0 aromatic carbocycles. The Morgan fingerprint density at radius 2 is 1.65 bits per heavy atom. The van der Waals surface area contributed by atoms with Gasteiger partial charge in [-0.1, -0.05) is 0 Å². The van der Waals surface area contributed by atoms with E-state index in [0.29, 0.717) is 26.2 Å². The zero-order valence-electron chi connectivity index (χ0n) is 14.1. The van der Waals surface area contributed by atoms with Gasteiger partial charge in [-0.15, -0.1) is 0 Å². The number of piperazine rings is 1. The van der Waals surface area contributed by atoms with Gasteiger partial charge >= 0.3 is 12.2 Å². The van der Waals surface area contributed by atoms with Crippen LogP contribution in [0.25, 0.3) is 0 Å². The molecule has 9 heteroatoms. The largest absolute Gasteiger partial charge is 0.453 e. The quantitative estimate of drug-likeness (QED) is 0.737. The van der Waals surface area contributed by atoms with Gasteiger partial charge in [0.1, 0.15) is 11.6 Å². The molecule has 0 bridgehead atoms. The number of nitrogens with two attached hydrogens (primary N) is 1. The highest BCUT2D eigenvalue weighted by atomic mass is 16.6. The maximum absolute atomic E-state index is 12.2. The van der Waals surface area contributed by atoms with Crippen LogP contribution in [0, 0.1) is 0 Å². The summed E-state index contributed by atoms with van der Waals surface area (Å²) < 4.78 is 9.71. The first-order valence-corrected chi connectivity index (χ1v) is 7.48. The van der Waals surface area contributed by atoms with Crippen molar-refractivity contribution in [3.05, 3.63) is 0 Å². The van der Waals surface area contributed by atoms with E-state index >= 15 is 0 Å². The number of carbonyl (C=O) groups excluding carboxylic acids is 3. The van der Waals surface area contributed by atoms with Crippen molar-refractivity contribution in [2.45, 2.75) is 32.4 Å². The number of carbonyl (C=O) groups is 3. The molecule has 9 nitrogen and oxygen atoms in total. The maximum Gasteiger partial charge on any atom is 0.409 e. The predicted molar refractivity (Wildman–Crippen MR) is 82.8 cm³/mol. The van der Waals surface area contributed by atoms with Crippen LogP contribution in [0.2, 0.25) is 0 Å². The van der Waals surface area contributed by atoms with Crippen molar-refractivity contribution < 1.29 is 23.9 Å². The Morgan fingerprint density at radius 1 is 1.13 bits per heavy atom. The van der Waals surface area contributed by atoms with Gasteiger partial charge in [0.05, 0.1) is 7.11 Å². The molecule has 0 saturated carbocycles. The number of methoxy groups -OCH3 is 1. The third kappa shape index (κ3) is 6.31. The summed E-state index contributed by atoms with van der Waals surface area (Å²) in [5, 5.41) is 2.48. The Bertz CT molecular complexity index is 441. The lowest BCUT2D eigenvalue weighted by Gasteiger charge is -2.35. The second kappa shape index (κ2) is 8.00. The number of alkyl carbamates (subject to hydrolysis) is 1. The molecule has 1 fully saturated rings. The number of amides is 3. The van der Waals surface area contributed by atoms with E-state index in [0.717, 1.165) is 0 Å². The molecular formula is C14H26N4O5. The highest BCUT2D eigenvalue weighted by molar-refractivity contribution is 5.83. The van der Waals surface area contributed by atoms with Crippen LogP contribution in [-0.4, -0.2) is 79.4 Å². The monoisotopic (exact) mass is 330 g/mol. The Kier molecular flexibility index (Phi) is 6.62. The van der Waals surface area contributed by atoms with E-state index in [-0.39, 0.29) is 12.5 Å². The van der Waals surface area contributed by atoms with E-state index in [9.17, 15) is 14.4 Å². The topological polar surface area (TPSA) is 114 Å². The molecule has 1 rings (SSSR count). The van der Waals surface area contributed by atoms with Crippen molar-refractivity contribution in [1.82, 2.24) is 15.1 Å². The molecule has 0 radical (unpaired) electrons. The smallest absolute Gasteiger partial charge is 0.409 e. The van der Waals surface area contributed by atoms with E-state index in [1.807, 2.05) is 0 Å². The van der Waals surface area contributed by atoms with Crippen LogP contribution < -0.4 is 11.1 Å². The standard InChI is InChI=1S/C14H26N4O5/c1-14(2,3)23-12(20)16-9-10(15)11(19)17-5-7-18(8-6-17)13(21)22-4/h10H,5-9,15H2,1-4H3,(H,16,20). The molecule has 0 aromatic heterocycles. The van der Waals surface area contributed by atoms with Crippen molar-refractivity contribution in [2.24, 2.45) is 5.73 Å². The molecule has 0 aliphatic carbocycles. The van der Waals surface area contributed by atoms with Crippen LogP contribution in [0.15, 0.2) is 0 Å². The number of ether oxygens (including phenoxy) is 2. The first-order valence-electron chi connectivity index (χ1n) is 7.48. The third-order valence-corrected chi connectivity index (χ3v) is 3.21. The summed E-state index contributed by atoms with van der Waals surface area (Å²) in [6.07, 6.45) is -1.02. The van der Waals surface area contributed by atoms with Gasteiger partial charge in [0.2, 0.25) is 5.91 Å². The van der Waals surface area contributed by atoms with E-state index in [4.69, 9.17) is 10.5 Å². The number of hydrogen-bond acceptors (Lipinski definition) is 6. The molecule has 1 aliphatic rings. The summed E-state index contributed by atoms with van der Waals surface area (Å²) in [4.78, 5) is 38.2. The molecule has 0 aromatic rings. The highest BCUT2D eigenvalue weighted by Gasteiger charge is 2.28. The Balaban J connectivity index is 2.37. The number of nitrogens with one attached hydrogen (secondary N) is 1. The summed E-state index contributed by atoms with van der Waals surface area (Å²) >= 11 is 0.